The minimum atomic E-state index is -0.601. The Morgan fingerprint density at radius 3 is 2.14 bits per heavy atom. The van der Waals surface area contributed by atoms with Gasteiger partial charge < -0.3 is 15.5 Å². The monoisotopic (exact) mass is 303 g/mol. The second-order valence-electron chi connectivity index (χ2n) is 6.33. The zero-order chi connectivity index (χ0) is 16.1. The molecule has 1 aliphatic carbocycles. The van der Waals surface area contributed by atoms with Crippen molar-refractivity contribution in [2.75, 3.05) is 24.3 Å². The van der Waals surface area contributed by atoms with Crippen molar-refractivity contribution in [1.29, 1.82) is 0 Å². The second kappa shape index (κ2) is 7.29. The molecule has 1 fully saturated rings. The average Bonchev–Trinajstić information content (AvgIpc) is 2.50. The summed E-state index contributed by atoms with van der Waals surface area (Å²) in [6.07, 6.45) is 4.13. The van der Waals surface area contributed by atoms with Gasteiger partial charge in [0.05, 0.1) is 0 Å². The van der Waals surface area contributed by atoms with Gasteiger partial charge in [0, 0.05) is 31.5 Å². The number of benzene rings is 1. The molecule has 0 heterocycles. The standard InChI is InChI=1S/C17H25N3O2/c1-12-4-6-13(7-5-12)18-16(21)17(22)19-14-8-10-15(11-9-14)20(2)3/h8-13H,4-7H2,1-3H3,(H,18,21)(H,19,22). The van der Waals surface area contributed by atoms with Crippen LogP contribution in [0.25, 0.3) is 0 Å². The molecule has 22 heavy (non-hydrogen) atoms. The van der Waals surface area contributed by atoms with E-state index in [4.69, 9.17) is 0 Å². The number of carbonyl (C=O) groups excluding carboxylic acids is 2. The molecule has 0 aromatic heterocycles. The van der Waals surface area contributed by atoms with Crippen molar-refractivity contribution < 1.29 is 9.59 Å². The molecule has 1 saturated carbocycles. The van der Waals surface area contributed by atoms with Gasteiger partial charge in [0.15, 0.2) is 0 Å². The molecule has 0 aliphatic heterocycles. The van der Waals surface area contributed by atoms with Gasteiger partial charge in [0.25, 0.3) is 0 Å². The lowest BCUT2D eigenvalue weighted by Gasteiger charge is -2.26. The van der Waals surface area contributed by atoms with Crippen LogP contribution < -0.4 is 15.5 Å². The molecule has 0 radical (unpaired) electrons. The van der Waals surface area contributed by atoms with E-state index in [1.807, 2.05) is 31.1 Å². The maximum atomic E-state index is 11.9. The van der Waals surface area contributed by atoms with E-state index in [2.05, 4.69) is 17.6 Å². The van der Waals surface area contributed by atoms with E-state index in [-0.39, 0.29) is 6.04 Å². The summed E-state index contributed by atoms with van der Waals surface area (Å²) in [5.41, 5.74) is 1.67. The number of hydrogen-bond donors (Lipinski definition) is 2. The first-order valence-electron chi connectivity index (χ1n) is 7.85. The van der Waals surface area contributed by atoms with E-state index >= 15 is 0 Å². The van der Waals surface area contributed by atoms with Crippen molar-refractivity contribution in [2.24, 2.45) is 5.92 Å². The van der Waals surface area contributed by atoms with Crippen LogP contribution in [0, 0.1) is 5.92 Å². The van der Waals surface area contributed by atoms with Crippen molar-refractivity contribution >= 4 is 23.2 Å². The highest BCUT2D eigenvalue weighted by molar-refractivity contribution is 6.39. The molecule has 0 bridgehead atoms. The third kappa shape index (κ3) is 4.48. The summed E-state index contributed by atoms with van der Waals surface area (Å²) in [5, 5.41) is 5.47. The van der Waals surface area contributed by atoms with E-state index in [9.17, 15) is 9.59 Å². The Bertz CT molecular complexity index is 517. The third-order valence-electron chi connectivity index (χ3n) is 4.20. The van der Waals surface area contributed by atoms with Crippen LogP contribution in [-0.2, 0) is 9.59 Å². The maximum Gasteiger partial charge on any atom is 0.313 e. The first-order chi connectivity index (χ1) is 10.5. The van der Waals surface area contributed by atoms with E-state index < -0.39 is 11.8 Å². The first kappa shape index (κ1) is 16.3. The molecule has 5 nitrogen and oxygen atoms in total. The molecule has 0 saturated heterocycles. The molecule has 120 valence electrons. The highest BCUT2D eigenvalue weighted by Gasteiger charge is 2.22. The fourth-order valence-corrected chi connectivity index (χ4v) is 2.69. The lowest BCUT2D eigenvalue weighted by Crippen LogP contribution is -2.43. The van der Waals surface area contributed by atoms with Crippen LogP contribution in [0.5, 0.6) is 0 Å². The van der Waals surface area contributed by atoms with Gasteiger partial charge in [0.1, 0.15) is 0 Å². The maximum absolute atomic E-state index is 11.9. The summed E-state index contributed by atoms with van der Waals surface area (Å²) in [6.45, 7) is 2.22. The molecule has 0 spiro atoms. The molecular weight excluding hydrogens is 278 g/mol. The number of amides is 2. The Kier molecular flexibility index (Phi) is 5.41. The molecule has 0 atom stereocenters. The number of anilines is 2. The average molecular weight is 303 g/mol. The van der Waals surface area contributed by atoms with Crippen LogP contribution in [0.4, 0.5) is 11.4 Å². The zero-order valence-electron chi connectivity index (χ0n) is 13.6. The van der Waals surface area contributed by atoms with Gasteiger partial charge in [0.2, 0.25) is 0 Å². The van der Waals surface area contributed by atoms with Crippen LogP contribution in [0.15, 0.2) is 24.3 Å². The number of carbonyl (C=O) groups is 2. The molecule has 0 unspecified atom stereocenters. The fourth-order valence-electron chi connectivity index (χ4n) is 2.69. The van der Waals surface area contributed by atoms with Crippen molar-refractivity contribution in [2.45, 2.75) is 38.6 Å². The Morgan fingerprint density at radius 2 is 1.59 bits per heavy atom. The van der Waals surface area contributed by atoms with Crippen molar-refractivity contribution in [3.05, 3.63) is 24.3 Å². The van der Waals surface area contributed by atoms with Gasteiger partial charge in [-0.3, -0.25) is 9.59 Å². The Hall–Kier alpha value is -2.04. The highest BCUT2D eigenvalue weighted by atomic mass is 16.2. The smallest absolute Gasteiger partial charge is 0.313 e. The van der Waals surface area contributed by atoms with E-state index in [1.165, 1.54) is 0 Å². The summed E-state index contributed by atoms with van der Waals surface area (Å²) in [7, 11) is 3.90. The fraction of sp³-hybridized carbons (Fsp3) is 0.529. The summed E-state index contributed by atoms with van der Waals surface area (Å²) in [4.78, 5) is 25.9. The summed E-state index contributed by atoms with van der Waals surface area (Å²) in [5.74, 6) is -0.426. The molecule has 2 rings (SSSR count). The third-order valence-corrected chi connectivity index (χ3v) is 4.20. The van der Waals surface area contributed by atoms with E-state index in [0.717, 1.165) is 37.3 Å². The Labute approximate surface area is 132 Å². The van der Waals surface area contributed by atoms with Crippen LogP contribution >= 0.6 is 0 Å². The van der Waals surface area contributed by atoms with Crippen LogP contribution in [0.1, 0.15) is 32.6 Å². The topological polar surface area (TPSA) is 61.4 Å². The van der Waals surface area contributed by atoms with Gasteiger partial charge in [-0.15, -0.1) is 0 Å². The number of hydrogen-bond acceptors (Lipinski definition) is 3. The molecule has 1 aromatic rings. The molecule has 1 aromatic carbocycles. The minimum Gasteiger partial charge on any atom is -0.378 e. The number of nitrogens with zero attached hydrogens (tertiary/aromatic N) is 1. The van der Waals surface area contributed by atoms with Crippen LogP contribution in [0.2, 0.25) is 0 Å². The van der Waals surface area contributed by atoms with Crippen molar-refractivity contribution in [1.82, 2.24) is 5.32 Å². The lowest BCUT2D eigenvalue weighted by atomic mass is 9.87. The summed E-state index contributed by atoms with van der Waals surface area (Å²) < 4.78 is 0. The summed E-state index contributed by atoms with van der Waals surface area (Å²) >= 11 is 0. The molecule has 2 N–H and O–H groups in total. The SMILES string of the molecule is CC1CCC(NC(=O)C(=O)Nc2ccc(N(C)C)cc2)CC1. The normalized spacial score (nSPS) is 21.0. The molecule has 5 heteroatoms. The Morgan fingerprint density at radius 1 is 1.00 bits per heavy atom. The van der Waals surface area contributed by atoms with Crippen molar-refractivity contribution in [3.63, 3.8) is 0 Å². The van der Waals surface area contributed by atoms with Gasteiger partial charge in [-0.1, -0.05) is 6.92 Å². The van der Waals surface area contributed by atoms with Gasteiger partial charge in [-0.2, -0.15) is 0 Å². The van der Waals surface area contributed by atoms with E-state index in [1.54, 1.807) is 12.1 Å². The quantitative estimate of drug-likeness (QED) is 0.843. The van der Waals surface area contributed by atoms with Gasteiger partial charge in [-0.05, 0) is 55.9 Å². The zero-order valence-corrected chi connectivity index (χ0v) is 13.6. The number of rotatable bonds is 3. The van der Waals surface area contributed by atoms with Crippen LogP contribution in [0.3, 0.4) is 0 Å². The largest absolute Gasteiger partial charge is 0.378 e. The van der Waals surface area contributed by atoms with Crippen molar-refractivity contribution in [3.8, 4) is 0 Å². The van der Waals surface area contributed by atoms with Crippen LogP contribution in [-0.4, -0.2) is 32.0 Å². The lowest BCUT2D eigenvalue weighted by molar-refractivity contribution is -0.136. The predicted molar refractivity (Wildman–Crippen MR) is 89.0 cm³/mol. The molecule has 1 aliphatic rings. The second-order valence-corrected chi connectivity index (χ2v) is 6.33. The van der Waals surface area contributed by atoms with Gasteiger partial charge in [-0.25, -0.2) is 0 Å². The minimum absolute atomic E-state index is 0.130. The molecule has 2 amide bonds. The van der Waals surface area contributed by atoms with E-state index in [0.29, 0.717) is 5.69 Å². The number of nitrogens with one attached hydrogen (secondary N) is 2. The molecular formula is C17H25N3O2. The Balaban J connectivity index is 1.84. The van der Waals surface area contributed by atoms with Gasteiger partial charge >= 0.3 is 11.8 Å². The predicted octanol–water partition coefficient (Wildman–Crippen LogP) is 2.39. The highest BCUT2D eigenvalue weighted by Crippen LogP contribution is 2.23. The summed E-state index contributed by atoms with van der Waals surface area (Å²) in [6, 6.07) is 7.52. The first-order valence-corrected chi connectivity index (χ1v) is 7.85.